The average Bonchev–Trinajstić information content (AvgIpc) is 2.92. The molecule has 1 aliphatic rings. The molecule has 1 aliphatic heterocycles. The van der Waals surface area contributed by atoms with Crippen molar-refractivity contribution >= 4 is 11.7 Å². The highest BCUT2D eigenvalue weighted by atomic mass is 16.2. The molecular formula is C21H30N6O. The van der Waals surface area contributed by atoms with E-state index in [9.17, 15) is 4.79 Å². The molecule has 0 spiro atoms. The minimum Gasteiger partial charge on any atom is -0.363 e. The van der Waals surface area contributed by atoms with Crippen LogP contribution >= 0.6 is 0 Å². The van der Waals surface area contributed by atoms with Gasteiger partial charge < -0.3 is 9.80 Å². The molecule has 1 amide bonds. The summed E-state index contributed by atoms with van der Waals surface area (Å²) in [6.45, 7) is 5.20. The van der Waals surface area contributed by atoms with Gasteiger partial charge in [-0.25, -0.2) is 15.0 Å². The summed E-state index contributed by atoms with van der Waals surface area (Å²) in [7, 11) is 4.02. The smallest absolute Gasteiger partial charge is 0.219 e. The van der Waals surface area contributed by atoms with Gasteiger partial charge in [-0.05, 0) is 43.5 Å². The number of likely N-dealkylation sites (tertiary alicyclic amines) is 1. The third-order valence-corrected chi connectivity index (χ3v) is 5.28. The minimum absolute atomic E-state index is 0.118. The van der Waals surface area contributed by atoms with Gasteiger partial charge in [0.15, 0.2) is 0 Å². The number of carbonyl (C=O) groups is 1. The zero-order valence-corrected chi connectivity index (χ0v) is 17.1. The lowest BCUT2D eigenvalue weighted by molar-refractivity contribution is -0.132. The van der Waals surface area contributed by atoms with Crippen LogP contribution < -0.4 is 4.90 Å². The summed E-state index contributed by atoms with van der Waals surface area (Å²) >= 11 is 0. The van der Waals surface area contributed by atoms with Crippen LogP contribution in [-0.2, 0) is 17.9 Å². The summed E-state index contributed by atoms with van der Waals surface area (Å²) in [6, 6.07) is 4.50. The van der Waals surface area contributed by atoms with E-state index in [1.54, 1.807) is 19.3 Å². The molecule has 0 radical (unpaired) electrons. The summed E-state index contributed by atoms with van der Waals surface area (Å²) in [5.74, 6) is 1.10. The van der Waals surface area contributed by atoms with Crippen LogP contribution in [-0.4, -0.2) is 63.9 Å². The second-order valence-corrected chi connectivity index (χ2v) is 7.67. The van der Waals surface area contributed by atoms with Crippen LogP contribution in [0.2, 0.25) is 0 Å². The number of hydrogen-bond acceptors (Lipinski definition) is 6. The fourth-order valence-corrected chi connectivity index (χ4v) is 3.78. The number of hydrogen-bond donors (Lipinski definition) is 0. The van der Waals surface area contributed by atoms with Crippen LogP contribution in [0.3, 0.4) is 0 Å². The highest BCUT2D eigenvalue weighted by molar-refractivity contribution is 5.73. The summed E-state index contributed by atoms with van der Waals surface area (Å²) < 4.78 is 0. The first-order valence-electron chi connectivity index (χ1n) is 9.88. The van der Waals surface area contributed by atoms with Crippen molar-refractivity contribution in [2.45, 2.75) is 45.3 Å². The second-order valence-electron chi connectivity index (χ2n) is 7.67. The Morgan fingerprint density at radius 2 is 1.96 bits per heavy atom. The maximum atomic E-state index is 12.3. The van der Waals surface area contributed by atoms with E-state index in [4.69, 9.17) is 0 Å². The highest BCUT2D eigenvalue weighted by Gasteiger charge is 2.25. The van der Waals surface area contributed by atoms with Gasteiger partial charge in [-0.2, -0.15) is 0 Å². The molecule has 0 N–H and O–H groups in total. The first-order chi connectivity index (χ1) is 13.5. The van der Waals surface area contributed by atoms with E-state index in [0.717, 1.165) is 50.3 Å². The fraction of sp³-hybridized carbons (Fsp3) is 0.524. The van der Waals surface area contributed by atoms with Crippen LogP contribution in [0.1, 0.15) is 37.3 Å². The lowest BCUT2D eigenvalue weighted by Crippen LogP contribution is -2.39. The molecule has 0 saturated carbocycles. The number of aromatic nitrogens is 3. The summed E-state index contributed by atoms with van der Waals surface area (Å²) in [4.78, 5) is 31.3. The Morgan fingerprint density at radius 3 is 2.68 bits per heavy atom. The second kappa shape index (κ2) is 9.59. The Bertz CT molecular complexity index is 767. The Kier molecular flexibility index (Phi) is 6.92. The Hall–Kier alpha value is -2.54. The van der Waals surface area contributed by atoms with E-state index >= 15 is 0 Å². The predicted molar refractivity (Wildman–Crippen MR) is 110 cm³/mol. The number of pyridine rings is 1. The van der Waals surface area contributed by atoms with Gasteiger partial charge >= 0.3 is 0 Å². The van der Waals surface area contributed by atoms with Gasteiger partial charge in [-0.3, -0.25) is 9.69 Å². The van der Waals surface area contributed by atoms with E-state index in [0.29, 0.717) is 6.54 Å². The van der Waals surface area contributed by atoms with Crippen molar-refractivity contribution in [3.8, 4) is 0 Å². The molecule has 3 heterocycles. The molecule has 1 unspecified atom stereocenters. The lowest BCUT2D eigenvalue weighted by atomic mass is 10.1. The molecule has 2 aromatic rings. The molecule has 0 bridgehead atoms. The number of rotatable bonds is 6. The first kappa shape index (κ1) is 20.2. The van der Waals surface area contributed by atoms with Gasteiger partial charge in [0.05, 0.1) is 0 Å². The van der Waals surface area contributed by atoms with Crippen LogP contribution in [0, 0.1) is 0 Å². The molecule has 3 rings (SSSR count). The maximum absolute atomic E-state index is 12.3. The van der Waals surface area contributed by atoms with Gasteiger partial charge in [0.2, 0.25) is 5.91 Å². The molecular weight excluding hydrogens is 352 g/mol. The summed E-state index contributed by atoms with van der Waals surface area (Å²) in [5.41, 5.74) is 2.26. The zero-order chi connectivity index (χ0) is 19.9. The van der Waals surface area contributed by atoms with E-state index in [1.165, 1.54) is 11.9 Å². The molecule has 2 aromatic heterocycles. The van der Waals surface area contributed by atoms with Gasteiger partial charge in [0.25, 0.3) is 0 Å². The quantitative estimate of drug-likeness (QED) is 0.764. The van der Waals surface area contributed by atoms with Crippen LogP contribution in [0.5, 0.6) is 0 Å². The van der Waals surface area contributed by atoms with Crippen molar-refractivity contribution < 1.29 is 4.79 Å². The zero-order valence-electron chi connectivity index (χ0n) is 17.1. The van der Waals surface area contributed by atoms with Crippen LogP contribution in [0.15, 0.2) is 37.1 Å². The predicted octanol–water partition coefficient (Wildman–Crippen LogP) is 2.34. The van der Waals surface area contributed by atoms with E-state index in [2.05, 4.69) is 32.0 Å². The summed E-state index contributed by atoms with van der Waals surface area (Å²) in [6.07, 6.45) is 10.1. The van der Waals surface area contributed by atoms with Crippen molar-refractivity contribution in [3.63, 3.8) is 0 Å². The lowest BCUT2D eigenvalue weighted by Gasteiger charge is -2.30. The molecule has 7 heteroatoms. The van der Waals surface area contributed by atoms with Gasteiger partial charge in [0, 0.05) is 70.8 Å². The van der Waals surface area contributed by atoms with E-state index in [-0.39, 0.29) is 11.9 Å². The number of amides is 1. The molecule has 1 atom stereocenters. The van der Waals surface area contributed by atoms with Gasteiger partial charge in [0.1, 0.15) is 12.1 Å². The first-order valence-corrected chi connectivity index (χ1v) is 9.88. The normalized spacial score (nSPS) is 17.8. The Labute approximate surface area is 167 Å². The molecule has 150 valence electrons. The molecule has 0 aliphatic carbocycles. The molecule has 1 fully saturated rings. The molecule has 7 nitrogen and oxygen atoms in total. The summed E-state index contributed by atoms with van der Waals surface area (Å²) in [5, 5.41) is 0. The molecule has 28 heavy (non-hydrogen) atoms. The van der Waals surface area contributed by atoms with Crippen LogP contribution in [0.4, 0.5) is 5.82 Å². The van der Waals surface area contributed by atoms with E-state index in [1.807, 2.05) is 30.1 Å². The standard InChI is InChI=1S/C21H30N6O/c1-17(28)27(15-19-12-22-16-23-13-19)20-5-4-9-26(10-7-20)14-18-6-8-24-21(11-18)25(2)3/h6,8,11-13,16,20H,4-5,7,9-10,14-15H2,1-3H3. The van der Waals surface area contributed by atoms with Gasteiger partial charge in [-0.15, -0.1) is 0 Å². The SMILES string of the molecule is CC(=O)N(Cc1cncnc1)C1CCCN(Cc2ccnc(N(C)C)c2)CC1. The Balaban J connectivity index is 1.61. The third kappa shape index (κ3) is 5.48. The number of anilines is 1. The fourth-order valence-electron chi connectivity index (χ4n) is 3.78. The average molecular weight is 383 g/mol. The van der Waals surface area contributed by atoms with Crippen LogP contribution in [0.25, 0.3) is 0 Å². The third-order valence-electron chi connectivity index (χ3n) is 5.28. The Morgan fingerprint density at radius 1 is 1.18 bits per heavy atom. The van der Waals surface area contributed by atoms with Crippen molar-refractivity contribution in [2.75, 3.05) is 32.1 Å². The van der Waals surface area contributed by atoms with Crippen molar-refractivity contribution in [3.05, 3.63) is 48.2 Å². The van der Waals surface area contributed by atoms with E-state index < -0.39 is 0 Å². The van der Waals surface area contributed by atoms with Crippen molar-refractivity contribution in [1.82, 2.24) is 24.8 Å². The maximum Gasteiger partial charge on any atom is 0.219 e. The molecule has 1 saturated heterocycles. The largest absolute Gasteiger partial charge is 0.363 e. The highest BCUT2D eigenvalue weighted by Crippen LogP contribution is 2.21. The number of carbonyl (C=O) groups excluding carboxylic acids is 1. The van der Waals surface area contributed by atoms with Crippen molar-refractivity contribution in [1.29, 1.82) is 0 Å². The monoisotopic (exact) mass is 382 g/mol. The van der Waals surface area contributed by atoms with Gasteiger partial charge in [-0.1, -0.05) is 0 Å². The number of nitrogens with zero attached hydrogens (tertiary/aromatic N) is 6. The topological polar surface area (TPSA) is 65.5 Å². The minimum atomic E-state index is 0.118. The molecule has 0 aromatic carbocycles. The van der Waals surface area contributed by atoms with Crippen molar-refractivity contribution in [2.24, 2.45) is 0 Å².